The molecule has 1 heterocycles. The first-order valence-corrected chi connectivity index (χ1v) is 7.12. The van der Waals surface area contributed by atoms with E-state index in [0.29, 0.717) is 30.7 Å². The summed E-state index contributed by atoms with van der Waals surface area (Å²) in [6.45, 7) is 0.738. The zero-order valence-electron chi connectivity index (χ0n) is 11.0. The van der Waals surface area contributed by atoms with E-state index >= 15 is 0 Å². The molecule has 8 heteroatoms. The van der Waals surface area contributed by atoms with E-state index in [4.69, 9.17) is 5.11 Å². The molecule has 4 nitrogen and oxygen atoms in total. The first-order valence-electron chi connectivity index (χ1n) is 6.33. The molecule has 0 aliphatic carbocycles. The molecule has 21 heavy (non-hydrogen) atoms. The second-order valence-electron chi connectivity index (χ2n) is 4.85. The van der Waals surface area contributed by atoms with Crippen LogP contribution in [0.15, 0.2) is 22.7 Å². The SMILES string of the molecule is O=C(O)c1ccc(N2CCN(CC(F)(F)F)CC2)cc1Br. The maximum Gasteiger partial charge on any atom is 0.401 e. The van der Waals surface area contributed by atoms with Gasteiger partial charge in [-0.15, -0.1) is 0 Å². The van der Waals surface area contributed by atoms with Gasteiger partial charge in [-0.05, 0) is 34.1 Å². The topological polar surface area (TPSA) is 43.8 Å². The van der Waals surface area contributed by atoms with Gasteiger partial charge in [0, 0.05) is 36.3 Å². The average molecular weight is 367 g/mol. The minimum atomic E-state index is -4.17. The van der Waals surface area contributed by atoms with Crippen molar-refractivity contribution >= 4 is 27.6 Å². The van der Waals surface area contributed by atoms with Crippen molar-refractivity contribution in [1.29, 1.82) is 0 Å². The number of alkyl halides is 3. The summed E-state index contributed by atoms with van der Waals surface area (Å²) in [5.74, 6) is -1.02. The van der Waals surface area contributed by atoms with Gasteiger partial charge in [-0.25, -0.2) is 4.79 Å². The molecule has 1 fully saturated rings. The Morgan fingerprint density at radius 2 is 1.86 bits per heavy atom. The zero-order valence-corrected chi connectivity index (χ0v) is 12.6. The van der Waals surface area contributed by atoms with E-state index in [1.807, 2.05) is 4.90 Å². The summed E-state index contributed by atoms with van der Waals surface area (Å²) < 4.78 is 37.4. The summed E-state index contributed by atoms with van der Waals surface area (Å²) in [6.07, 6.45) is -4.17. The first-order chi connectivity index (χ1) is 9.76. The van der Waals surface area contributed by atoms with Crippen LogP contribution in [-0.2, 0) is 0 Å². The summed E-state index contributed by atoms with van der Waals surface area (Å²) in [4.78, 5) is 14.2. The van der Waals surface area contributed by atoms with Gasteiger partial charge >= 0.3 is 12.1 Å². The summed E-state index contributed by atoms with van der Waals surface area (Å²) >= 11 is 3.20. The predicted molar refractivity (Wildman–Crippen MR) is 75.8 cm³/mol. The molecule has 0 spiro atoms. The van der Waals surface area contributed by atoms with Gasteiger partial charge in [-0.1, -0.05) is 0 Å². The molecular formula is C13H14BrF3N2O2. The van der Waals surface area contributed by atoms with Crippen LogP contribution in [-0.4, -0.2) is 54.9 Å². The Morgan fingerprint density at radius 3 is 2.33 bits per heavy atom. The smallest absolute Gasteiger partial charge is 0.401 e. The van der Waals surface area contributed by atoms with Crippen LogP contribution in [0, 0.1) is 0 Å². The number of nitrogens with zero attached hydrogens (tertiary/aromatic N) is 2. The second kappa shape index (κ2) is 6.23. The highest BCUT2D eigenvalue weighted by atomic mass is 79.9. The molecule has 1 N–H and O–H groups in total. The maximum atomic E-state index is 12.3. The van der Waals surface area contributed by atoms with E-state index in [1.54, 1.807) is 12.1 Å². The lowest BCUT2D eigenvalue weighted by Gasteiger charge is -2.36. The van der Waals surface area contributed by atoms with Crippen LogP contribution in [0.2, 0.25) is 0 Å². The van der Waals surface area contributed by atoms with Gasteiger partial charge in [-0.2, -0.15) is 13.2 Å². The molecule has 1 aliphatic heterocycles. The lowest BCUT2D eigenvalue weighted by atomic mass is 10.2. The van der Waals surface area contributed by atoms with Gasteiger partial charge in [0.05, 0.1) is 12.1 Å². The number of hydrogen-bond donors (Lipinski definition) is 1. The fourth-order valence-corrected chi connectivity index (χ4v) is 2.83. The lowest BCUT2D eigenvalue weighted by molar-refractivity contribution is -0.146. The molecule has 0 saturated carbocycles. The van der Waals surface area contributed by atoms with Gasteiger partial charge in [0.2, 0.25) is 0 Å². The molecule has 0 amide bonds. The molecule has 0 atom stereocenters. The molecule has 0 radical (unpaired) electrons. The lowest BCUT2D eigenvalue weighted by Crippen LogP contribution is -2.49. The van der Waals surface area contributed by atoms with Gasteiger partial charge in [0.25, 0.3) is 0 Å². The number of carboxylic acid groups (broad SMARTS) is 1. The Kier molecular flexibility index (Phi) is 4.77. The molecule has 1 saturated heterocycles. The number of carbonyl (C=O) groups is 1. The third-order valence-corrected chi connectivity index (χ3v) is 3.98. The zero-order chi connectivity index (χ0) is 15.6. The molecule has 116 valence electrons. The largest absolute Gasteiger partial charge is 0.478 e. The molecule has 2 rings (SSSR count). The number of rotatable bonds is 3. The van der Waals surface area contributed by atoms with E-state index in [9.17, 15) is 18.0 Å². The molecule has 1 aromatic carbocycles. The third kappa shape index (κ3) is 4.34. The molecule has 0 aromatic heterocycles. The van der Waals surface area contributed by atoms with Crippen molar-refractivity contribution in [2.45, 2.75) is 6.18 Å². The Balaban J connectivity index is 1.99. The average Bonchev–Trinajstić information content (AvgIpc) is 2.37. The van der Waals surface area contributed by atoms with Crippen LogP contribution in [0.4, 0.5) is 18.9 Å². The monoisotopic (exact) mass is 366 g/mol. The summed E-state index contributed by atoms with van der Waals surface area (Å²) in [5, 5.41) is 8.95. The van der Waals surface area contributed by atoms with Crippen LogP contribution in [0.5, 0.6) is 0 Å². The second-order valence-corrected chi connectivity index (χ2v) is 5.70. The van der Waals surface area contributed by atoms with E-state index < -0.39 is 18.7 Å². The Hall–Kier alpha value is -1.28. The number of benzene rings is 1. The molecule has 1 aliphatic rings. The van der Waals surface area contributed by atoms with Crippen molar-refractivity contribution in [2.75, 3.05) is 37.6 Å². The van der Waals surface area contributed by atoms with Crippen molar-refractivity contribution in [3.8, 4) is 0 Å². The number of carboxylic acids is 1. The third-order valence-electron chi connectivity index (χ3n) is 3.32. The Labute approximate surface area is 128 Å². The van der Waals surface area contributed by atoms with Crippen molar-refractivity contribution in [1.82, 2.24) is 4.90 Å². The van der Waals surface area contributed by atoms with Gasteiger partial charge in [-0.3, -0.25) is 4.90 Å². The first kappa shape index (κ1) is 16.1. The summed E-state index contributed by atoms with van der Waals surface area (Å²) in [7, 11) is 0. The van der Waals surface area contributed by atoms with Crippen molar-refractivity contribution in [3.63, 3.8) is 0 Å². The van der Waals surface area contributed by atoms with Crippen LogP contribution < -0.4 is 4.90 Å². The van der Waals surface area contributed by atoms with Crippen LogP contribution in [0.25, 0.3) is 0 Å². The van der Waals surface area contributed by atoms with E-state index in [1.165, 1.54) is 11.0 Å². The van der Waals surface area contributed by atoms with E-state index in [0.717, 1.165) is 5.69 Å². The Bertz CT molecular complexity index is 529. The van der Waals surface area contributed by atoms with Crippen molar-refractivity contribution in [2.24, 2.45) is 0 Å². The normalized spacial score (nSPS) is 17.0. The highest BCUT2D eigenvalue weighted by Gasteiger charge is 2.32. The van der Waals surface area contributed by atoms with Gasteiger partial charge in [0.1, 0.15) is 0 Å². The number of piperazine rings is 1. The number of hydrogen-bond acceptors (Lipinski definition) is 3. The minimum absolute atomic E-state index is 0.162. The predicted octanol–water partition coefficient (Wildman–Crippen LogP) is 2.83. The minimum Gasteiger partial charge on any atom is -0.478 e. The highest BCUT2D eigenvalue weighted by Crippen LogP contribution is 2.26. The molecule has 0 bridgehead atoms. The van der Waals surface area contributed by atoms with E-state index in [-0.39, 0.29) is 5.56 Å². The number of halogens is 4. The van der Waals surface area contributed by atoms with Crippen LogP contribution in [0.1, 0.15) is 10.4 Å². The maximum absolute atomic E-state index is 12.3. The van der Waals surface area contributed by atoms with Crippen LogP contribution >= 0.6 is 15.9 Å². The van der Waals surface area contributed by atoms with Crippen molar-refractivity contribution < 1.29 is 23.1 Å². The molecule has 0 unspecified atom stereocenters. The van der Waals surface area contributed by atoms with E-state index in [2.05, 4.69) is 15.9 Å². The quantitative estimate of drug-likeness (QED) is 0.893. The highest BCUT2D eigenvalue weighted by molar-refractivity contribution is 9.10. The van der Waals surface area contributed by atoms with Gasteiger partial charge < -0.3 is 10.0 Å². The van der Waals surface area contributed by atoms with Gasteiger partial charge in [0.15, 0.2) is 0 Å². The number of anilines is 1. The fraction of sp³-hybridized carbons (Fsp3) is 0.462. The summed E-state index contributed by atoms with van der Waals surface area (Å²) in [5.41, 5.74) is 0.966. The van der Waals surface area contributed by atoms with Crippen molar-refractivity contribution in [3.05, 3.63) is 28.2 Å². The standard InChI is InChI=1S/C13H14BrF3N2O2/c14-11-7-9(1-2-10(11)12(20)21)19-5-3-18(4-6-19)8-13(15,16)17/h1-2,7H,3-6,8H2,(H,20,21). The molecule has 1 aromatic rings. The summed E-state index contributed by atoms with van der Waals surface area (Å²) in [6, 6.07) is 4.85. The fourth-order valence-electron chi connectivity index (χ4n) is 2.29. The molecular weight excluding hydrogens is 353 g/mol. The number of aromatic carboxylic acids is 1. The Morgan fingerprint density at radius 1 is 1.24 bits per heavy atom. The van der Waals surface area contributed by atoms with Crippen LogP contribution in [0.3, 0.4) is 0 Å².